The third-order valence-electron chi connectivity index (χ3n) is 7.15. The van der Waals surface area contributed by atoms with Crippen LogP contribution in [0.4, 0.5) is 23.2 Å². The van der Waals surface area contributed by atoms with E-state index < -0.39 is 64.2 Å². The van der Waals surface area contributed by atoms with Gasteiger partial charge in [0.15, 0.2) is 0 Å². The van der Waals surface area contributed by atoms with Gasteiger partial charge in [-0.3, -0.25) is 13.9 Å². The van der Waals surface area contributed by atoms with Crippen LogP contribution in [0.25, 0.3) is 0 Å². The van der Waals surface area contributed by atoms with Crippen LogP contribution in [0.2, 0.25) is 5.02 Å². The van der Waals surface area contributed by atoms with Crippen molar-refractivity contribution in [1.29, 1.82) is 0 Å². The van der Waals surface area contributed by atoms with E-state index in [1.807, 2.05) is 0 Å². The van der Waals surface area contributed by atoms with Gasteiger partial charge in [-0.1, -0.05) is 78.3 Å². The van der Waals surface area contributed by atoms with Crippen LogP contribution in [0.15, 0.2) is 108 Å². The largest absolute Gasteiger partial charge is 0.416 e. The molecule has 1 N–H and O–H groups in total. The van der Waals surface area contributed by atoms with Crippen molar-refractivity contribution in [2.45, 2.75) is 50.0 Å². The monoisotopic (exact) mass is 689 g/mol. The van der Waals surface area contributed by atoms with Gasteiger partial charge in [-0.2, -0.15) is 13.2 Å². The van der Waals surface area contributed by atoms with Gasteiger partial charge < -0.3 is 10.2 Å². The lowest BCUT2D eigenvalue weighted by Gasteiger charge is -2.34. The highest BCUT2D eigenvalue weighted by molar-refractivity contribution is 7.92. The predicted octanol–water partition coefficient (Wildman–Crippen LogP) is 6.86. The van der Waals surface area contributed by atoms with E-state index in [9.17, 15) is 35.6 Å². The molecule has 0 heterocycles. The average molecular weight is 690 g/mol. The molecule has 47 heavy (non-hydrogen) atoms. The first-order chi connectivity index (χ1) is 22.2. The second kappa shape index (κ2) is 15.0. The number of alkyl halides is 3. The minimum Gasteiger partial charge on any atom is -0.352 e. The van der Waals surface area contributed by atoms with Crippen molar-refractivity contribution in [2.75, 3.05) is 10.8 Å². The molecule has 2 amide bonds. The molecule has 248 valence electrons. The Balaban J connectivity index is 1.88. The van der Waals surface area contributed by atoms with Crippen molar-refractivity contribution in [3.05, 3.63) is 131 Å². The standard InChI is InChI=1S/C34H32ClF4N3O4S/c1-23(2)40-33(44)31(19-24-11-5-3-6-12-24)41(21-25-13-9-10-16-29(25)36)32(43)22-42(47(45,46)27-14-7-4-8-15-27)30-20-26(34(37,38)39)17-18-28(30)35/h3-18,20,23,31H,19,21-22H2,1-2H3,(H,40,44). The van der Waals surface area contributed by atoms with E-state index in [1.54, 1.807) is 50.2 Å². The zero-order valence-corrected chi connectivity index (χ0v) is 27.0. The molecule has 0 aliphatic heterocycles. The number of hydrogen-bond donors (Lipinski definition) is 1. The number of amides is 2. The Labute approximate surface area is 275 Å². The highest BCUT2D eigenvalue weighted by Gasteiger charge is 2.37. The summed E-state index contributed by atoms with van der Waals surface area (Å²) in [5, 5.41) is 2.40. The zero-order chi connectivity index (χ0) is 34.4. The summed E-state index contributed by atoms with van der Waals surface area (Å²) in [6.45, 7) is 1.91. The van der Waals surface area contributed by atoms with Crippen LogP contribution in [0.5, 0.6) is 0 Å². The fourth-order valence-corrected chi connectivity index (χ4v) is 6.57. The second-order valence-corrected chi connectivity index (χ2v) is 13.2. The van der Waals surface area contributed by atoms with Crippen LogP contribution < -0.4 is 9.62 Å². The van der Waals surface area contributed by atoms with Gasteiger partial charge in [-0.15, -0.1) is 0 Å². The quantitative estimate of drug-likeness (QED) is 0.165. The lowest BCUT2D eigenvalue weighted by Crippen LogP contribution is -2.54. The summed E-state index contributed by atoms with van der Waals surface area (Å²) in [5.74, 6) is -2.26. The SMILES string of the molecule is CC(C)NC(=O)C(Cc1ccccc1)N(Cc1ccccc1F)C(=O)CN(c1cc(C(F)(F)F)ccc1Cl)S(=O)(=O)c1ccccc1. The van der Waals surface area contributed by atoms with Gasteiger partial charge in [-0.05, 0) is 55.8 Å². The molecule has 0 fully saturated rings. The van der Waals surface area contributed by atoms with Gasteiger partial charge in [0.25, 0.3) is 10.0 Å². The third kappa shape index (κ3) is 8.89. The number of benzene rings is 4. The highest BCUT2D eigenvalue weighted by atomic mass is 35.5. The van der Waals surface area contributed by atoms with E-state index >= 15 is 0 Å². The maximum atomic E-state index is 15.0. The maximum absolute atomic E-state index is 15.0. The van der Waals surface area contributed by atoms with E-state index in [0.717, 1.165) is 11.0 Å². The molecule has 0 radical (unpaired) electrons. The van der Waals surface area contributed by atoms with E-state index in [1.165, 1.54) is 48.5 Å². The molecule has 1 atom stereocenters. The third-order valence-corrected chi connectivity index (χ3v) is 9.25. The molecular weight excluding hydrogens is 658 g/mol. The maximum Gasteiger partial charge on any atom is 0.416 e. The Kier molecular flexibility index (Phi) is 11.3. The molecule has 0 aliphatic rings. The number of carbonyl (C=O) groups is 2. The molecule has 4 rings (SSSR count). The Hall–Kier alpha value is -4.42. The van der Waals surface area contributed by atoms with E-state index in [2.05, 4.69) is 5.32 Å². The van der Waals surface area contributed by atoms with Crippen LogP contribution in [0, 0.1) is 5.82 Å². The average Bonchev–Trinajstić information content (AvgIpc) is 3.02. The first-order valence-corrected chi connectivity index (χ1v) is 16.3. The molecule has 7 nitrogen and oxygen atoms in total. The fraction of sp³-hybridized carbons (Fsp3) is 0.235. The van der Waals surface area contributed by atoms with Crippen molar-refractivity contribution in [3.8, 4) is 0 Å². The summed E-state index contributed by atoms with van der Waals surface area (Å²) in [5.41, 5.74) is -1.11. The molecule has 1 unspecified atom stereocenters. The number of nitrogens with zero attached hydrogens (tertiary/aromatic N) is 2. The number of rotatable bonds is 12. The summed E-state index contributed by atoms with van der Waals surface area (Å²) < 4.78 is 84.9. The van der Waals surface area contributed by atoms with E-state index in [0.29, 0.717) is 22.0 Å². The van der Waals surface area contributed by atoms with Gasteiger partial charge in [0.05, 0.1) is 21.2 Å². The Morgan fingerprint density at radius 1 is 0.872 bits per heavy atom. The molecule has 0 spiro atoms. The summed E-state index contributed by atoms with van der Waals surface area (Å²) in [4.78, 5) is 28.8. The first-order valence-electron chi connectivity index (χ1n) is 14.5. The van der Waals surface area contributed by atoms with Crippen LogP contribution in [-0.4, -0.2) is 43.8 Å². The molecule has 4 aromatic rings. The molecular formula is C34H32ClF4N3O4S. The predicted molar refractivity (Wildman–Crippen MR) is 172 cm³/mol. The molecule has 0 saturated carbocycles. The number of sulfonamides is 1. The van der Waals surface area contributed by atoms with Gasteiger partial charge in [0.1, 0.15) is 18.4 Å². The van der Waals surface area contributed by atoms with Gasteiger partial charge >= 0.3 is 6.18 Å². The number of nitrogens with one attached hydrogen (secondary N) is 1. The molecule has 13 heteroatoms. The van der Waals surface area contributed by atoms with Crippen molar-refractivity contribution >= 4 is 39.1 Å². The number of carbonyl (C=O) groups excluding carboxylic acids is 2. The summed E-state index contributed by atoms with van der Waals surface area (Å²) in [6, 6.07) is 21.6. The lowest BCUT2D eigenvalue weighted by molar-refractivity contribution is -0.140. The molecule has 0 aliphatic carbocycles. The first kappa shape index (κ1) is 35.4. The fourth-order valence-electron chi connectivity index (χ4n) is 4.86. The van der Waals surface area contributed by atoms with Crippen LogP contribution in [-0.2, 0) is 38.8 Å². The number of hydrogen-bond acceptors (Lipinski definition) is 4. The summed E-state index contributed by atoms with van der Waals surface area (Å²) in [6.07, 6.45) is -4.90. The van der Waals surface area contributed by atoms with Crippen molar-refractivity contribution < 1.29 is 35.6 Å². The smallest absolute Gasteiger partial charge is 0.352 e. The zero-order valence-electron chi connectivity index (χ0n) is 25.4. The molecule has 0 saturated heterocycles. The van der Waals surface area contributed by atoms with Crippen molar-refractivity contribution in [2.24, 2.45) is 0 Å². The second-order valence-electron chi connectivity index (χ2n) is 11.0. The highest BCUT2D eigenvalue weighted by Crippen LogP contribution is 2.37. The van der Waals surface area contributed by atoms with Gasteiger partial charge in [0, 0.05) is 24.6 Å². The minimum absolute atomic E-state index is 0.0324. The van der Waals surface area contributed by atoms with E-state index in [-0.39, 0.29) is 27.9 Å². The van der Waals surface area contributed by atoms with Crippen LogP contribution >= 0.6 is 11.6 Å². The van der Waals surface area contributed by atoms with Crippen molar-refractivity contribution in [3.63, 3.8) is 0 Å². The molecule has 0 bridgehead atoms. The minimum atomic E-state index is -4.86. The van der Waals surface area contributed by atoms with E-state index in [4.69, 9.17) is 11.6 Å². The Morgan fingerprint density at radius 2 is 1.47 bits per heavy atom. The van der Waals surface area contributed by atoms with Crippen molar-refractivity contribution in [1.82, 2.24) is 10.2 Å². The normalized spacial score (nSPS) is 12.4. The van der Waals surface area contributed by atoms with Gasteiger partial charge in [-0.25, -0.2) is 12.8 Å². The lowest BCUT2D eigenvalue weighted by atomic mass is 10.0. The number of anilines is 1. The summed E-state index contributed by atoms with van der Waals surface area (Å²) in [7, 11) is -4.71. The van der Waals surface area contributed by atoms with Crippen LogP contribution in [0.1, 0.15) is 30.5 Å². The Bertz CT molecular complexity index is 1810. The summed E-state index contributed by atoms with van der Waals surface area (Å²) >= 11 is 6.31. The molecule has 4 aromatic carbocycles. The van der Waals surface area contributed by atoms with Crippen LogP contribution in [0.3, 0.4) is 0 Å². The topological polar surface area (TPSA) is 86.8 Å². The molecule has 0 aromatic heterocycles. The van der Waals surface area contributed by atoms with Gasteiger partial charge in [0.2, 0.25) is 11.8 Å². The Morgan fingerprint density at radius 3 is 2.06 bits per heavy atom. The number of halogens is 5.